The molecule has 0 unspecified atom stereocenters. The van der Waals surface area contributed by atoms with Crippen LogP contribution in [0.5, 0.6) is 5.75 Å². The molecule has 0 aliphatic heterocycles. The highest BCUT2D eigenvalue weighted by Crippen LogP contribution is 2.33. The summed E-state index contributed by atoms with van der Waals surface area (Å²) in [6, 6.07) is 1.85. The van der Waals surface area contributed by atoms with Gasteiger partial charge in [0.1, 0.15) is 0 Å². The number of rotatable bonds is 1. The second-order valence-corrected chi connectivity index (χ2v) is 4.54. The smallest absolute Gasteiger partial charge is 0.403 e. The van der Waals surface area contributed by atoms with Gasteiger partial charge in [0.25, 0.3) is 0 Å². The molecule has 17 heavy (non-hydrogen) atoms. The van der Waals surface area contributed by atoms with Gasteiger partial charge in [0.05, 0.1) is 0 Å². The number of alkyl halides is 3. The van der Waals surface area contributed by atoms with Gasteiger partial charge in [0.15, 0.2) is 11.6 Å². The highest BCUT2D eigenvalue weighted by atomic mass is 19.4. The van der Waals surface area contributed by atoms with Crippen molar-refractivity contribution in [3.63, 3.8) is 0 Å². The Morgan fingerprint density at radius 2 is 1.47 bits per heavy atom. The number of ether oxygens (including phenoxy) is 1. The Kier molecular flexibility index (Phi) is 3.36. The van der Waals surface area contributed by atoms with E-state index in [9.17, 15) is 22.0 Å². The van der Waals surface area contributed by atoms with E-state index >= 15 is 0 Å². The third kappa shape index (κ3) is 3.31. The normalized spacial score (nSPS) is 12.7. The molecule has 1 rings (SSSR count). The molecule has 0 saturated carbocycles. The number of halogens is 5. The maximum absolute atomic E-state index is 13.5. The summed E-state index contributed by atoms with van der Waals surface area (Å²) < 4.78 is 65.8. The Morgan fingerprint density at radius 1 is 0.941 bits per heavy atom. The highest BCUT2D eigenvalue weighted by molar-refractivity contribution is 5.34. The van der Waals surface area contributed by atoms with Crippen molar-refractivity contribution < 1.29 is 26.7 Å². The molecule has 0 radical (unpaired) electrons. The standard InChI is InChI=1S/C11H11F5O/c1-10(2,3)6-4-5-7(9(13)8(6)12)17-11(14,15)16/h4-5H,1-3H3. The van der Waals surface area contributed by atoms with Crippen LogP contribution in [0.25, 0.3) is 0 Å². The zero-order chi connectivity index (χ0) is 13.4. The van der Waals surface area contributed by atoms with E-state index in [4.69, 9.17) is 0 Å². The first-order valence-corrected chi connectivity index (χ1v) is 4.76. The summed E-state index contributed by atoms with van der Waals surface area (Å²) >= 11 is 0. The van der Waals surface area contributed by atoms with E-state index in [1.807, 2.05) is 0 Å². The predicted molar refractivity (Wildman–Crippen MR) is 51.7 cm³/mol. The summed E-state index contributed by atoms with van der Waals surface area (Å²) in [6.07, 6.45) is -5.05. The van der Waals surface area contributed by atoms with Crippen LogP contribution in [0.4, 0.5) is 22.0 Å². The van der Waals surface area contributed by atoms with E-state index in [2.05, 4.69) is 4.74 Å². The lowest BCUT2D eigenvalue weighted by molar-refractivity contribution is -0.275. The second kappa shape index (κ2) is 4.16. The summed E-state index contributed by atoms with van der Waals surface area (Å²) in [6.45, 7) is 4.86. The maximum Gasteiger partial charge on any atom is 0.573 e. The molecule has 0 bridgehead atoms. The van der Waals surface area contributed by atoms with Gasteiger partial charge in [-0.1, -0.05) is 26.8 Å². The van der Waals surface area contributed by atoms with Crippen LogP contribution in [0, 0.1) is 11.6 Å². The molecule has 1 aromatic rings. The molecule has 0 aromatic heterocycles. The van der Waals surface area contributed by atoms with E-state index in [0.29, 0.717) is 0 Å². The molecule has 1 aromatic carbocycles. The fourth-order valence-corrected chi connectivity index (χ4v) is 1.31. The molecule has 0 aliphatic rings. The van der Waals surface area contributed by atoms with Crippen LogP contribution < -0.4 is 4.74 Å². The van der Waals surface area contributed by atoms with Gasteiger partial charge >= 0.3 is 6.36 Å². The van der Waals surface area contributed by atoms with Crippen molar-refractivity contribution in [2.75, 3.05) is 0 Å². The highest BCUT2D eigenvalue weighted by Gasteiger charge is 2.34. The van der Waals surface area contributed by atoms with Crippen molar-refractivity contribution in [2.45, 2.75) is 32.5 Å². The zero-order valence-corrected chi connectivity index (χ0v) is 9.45. The summed E-state index contributed by atoms with van der Waals surface area (Å²) in [5, 5.41) is 0. The lowest BCUT2D eigenvalue weighted by atomic mass is 9.86. The van der Waals surface area contributed by atoms with Gasteiger partial charge in [0, 0.05) is 0 Å². The summed E-state index contributed by atoms with van der Waals surface area (Å²) in [5.74, 6) is -4.11. The van der Waals surface area contributed by atoms with Gasteiger partial charge in [-0.05, 0) is 17.0 Å². The Hall–Kier alpha value is -1.33. The topological polar surface area (TPSA) is 9.23 Å². The largest absolute Gasteiger partial charge is 0.573 e. The Morgan fingerprint density at radius 3 is 1.88 bits per heavy atom. The minimum absolute atomic E-state index is 0.00970. The van der Waals surface area contributed by atoms with Crippen LogP contribution in [-0.4, -0.2) is 6.36 Å². The molecule has 0 heterocycles. The van der Waals surface area contributed by atoms with Gasteiger partial charge in [0.2, 0.25) is 5.82 Å². The van der Waals surface area contributed by atoms with Crippen LogP contribution in [0.15, 0.2) is 12.1 Å². The molecule has 6 heteroatoms. The fraction of sp³-hybridized carbons (Fsp3) is 0.455. The molecular formula is C11H11F5O. The first-order valence-electron chi connectivity index (χ1n) is 4.76. The fourth-order valence-electron chi connectivity index (χ4n) is 1.31. The van der Waals surface area contributed by atoms with Crippen LogP contribution in [-0.2, 0) is 5.41 Å². The van der Waals surface area contributed by atoms with Crippen LogP contribution in [0.1, 0.15) is 26.3 Å². The van der Waals surface area contributed by atoms with Gasteiger partial charge in [-0.15, -0.1) is 13.2 Å². The molecule has 0 atom stereocenters. The molecule has 0 fully saturated rings. The van der Waals surface area contributed by atoms with Crippen molar-refractivity contribution in [2.24, 2.45) is 0 Å². The first kappa shape index (κ1) is 13.7. The second-order valence-electron chi connectivity index (χ2n) is 4.54. The Bertz CT molecular complexity index is 417. The van der Waals surface area contributed by atoms with Gasteiger partial charge in [-0.3, -0.25) is 0 Å². The lowest BCUT2D eigenvalue weighted by Crippen LogP contribution is -2.20. The molecule has 0 N–H and O–H groups in total. The van der Waals surface area contributed by atoms with Crippen LogP contribution >= 0.6 is 0 Å². The summed E-state index contributed by atoms with van der Waals surface area (Å²) in [5.41, 5.74) is -0.716. The third-order valence-electron chi connectivity index (χ3n) is 2.08. The molecule has 0 aliphatic carbocycles. The molecular weight excluding hydrogens is 243 g/mol. The predicted octanol–water partition coefficient (Wildman–Crippen LogP) is 4.16. The van der Waals surface area contributed by atoms with Crippen molar-refractivity contribution in [3.05, 3.63) is 29.3 Å². The average Bonchev–Trinajstić information content (AvgIpc) is 2.08. The Labute approximate surface area is 95.2 Å². The maximum atomic E-state index is 13.5. The Balaban J connectivity index is 3.21. The van der Waals surface area contributed by atoms with Crippen LogP contribution in [0.2, 0.25) is 0 Å². The van der Waals surface area contributed by atoms with E-state index < -0.39 is 29.2 Å². The van der Waals surface area contributed by atoms with E-state index in [1.165, 1.54) is 0 Å². The SMILES string of the molecule is CC(C)(C)c1ccc(OC(F)(F)F)c(F)c1F. The molecule has 0 spiro atoms. The minimum Gasteiger partial charge on any atom is -0.403 e. The zero-order valence-electron chi connectivity index (χ0n) is 9.45. The quantitative estimate of drug-likeness (QED) is 0.684. The van der Waals surface area contributed by atoms with E-state index in [0.717, 1.165) is 12.1 Å². The van der Waals surface area contributed by atoms with Crippen molar-refractivity contribution in [1.29, 1.82) is 0 Å². The molecule has 0 saturated heterocycles. The average molecular weight is 254 g/mol. The molecule has 0 amide bonds. The van der Waals surface area contributed by atoms with E-state index in [-0.39, 0.29) is 5.56 Å². The number of benzene rings is 1. The minimum atomic E-state index is -5.05. The monoisotopic (exact) mass is 254 g/mol. The van der Waals surface area contributed by atoms with Gasteiger partial charge in [-0.25, -0.2) is 4.39 Å². The molecule has 96 valence electrons. The van der Waals surface area contributed by atoms with Crippen molar-refractivity contribution in [3.8, 4) is 5.75 Å². The summed E-state index contributed by atoms with van der Waals surface area (Å²) in [4.78, 5) is 0. The van der Waals surface area contributed by atoms with Gasteiger partial charge < -0.3 is 4.74 Å². The van der Waals surface area contributed by atoms with Crippen LogP contribution in [0.3, 0.4) is 0 Å². The van der Waals surface area contributed by atoms with Crippen molar-refractivity contribution in [1.82, 2.24) is 0 Å². The lowest BCUT2D eigenvalue weighted by Gasteiger charge is -2.21. The number of hydrogen-bond donors (Lipinski definition) is 0. The van der Waals surface area contributed by atoms with E-state index in [1.54, 1.807) is 20.8 Å². The van der Waals surface area contributed by atoms with Crippen molar-refractivity contribution >= 4 is 0 Å². The van der Waals surface area contributed by atoms with Gasteiger partial charge in [-0.2, -0.15) is 4.39 Å². The third-order valence-corrected chi connectivity index (χ3v) is 2.08. The first-order chi connectivity index (χ1) is 7.52. The summed E-state index contributed by atoms with van der Waals surface area (Å²) in [7, 11) is 0. The molecule has 1 nitrogen and oxygen atoms in total. The number of hydrogen-bond acceptors (Lipinski definition) is 1.